The summed E-state index contributed by atoms with van der Waals surface area (Å²) in [7, 11) is 0. The maximum absolute atomic E-state index is 12.3. The standard InChI is InChI=1S/C16H26N4O4S/c1-2-5-11(17)16(18,14(22)23)12(21)7-4-3-6-10-13-9(8-25-10)19-15(24)20-13/h9-10,13,17H,2-8,18H2,1H3,(H,22,23)(H2,19,20,24)/t9-,10-,13-,16?/m0/s1. The third kappa shape index (κ3) is 4.14. The first-order valence-corrected chi connectivity index (χ1v) is 9.67. The number of ketones is 1. The lowest BCUT2D eigenvalue weighted by Crippen LogP contribution is -2.60. The van der Waals surface area contributed by atoms with Gasteiger partial charge < -0.3 is 26.9 Å². The van der Waals surface area contributed by atoms with Crippen LogP contribution in [0.5, 0.6) is 0 Å². The van der Waals surface area contributed by atoms with Gasteiger partial charge in [0.05, 0.1) is 12.1 Å². The van der Waals surface area contributed by atoms with Crippen molar-refractivity contribution < 1.29 is 19.5 Å². The van der Waals surface area contributed by atoms with Gasteiger partial charge in [0.2, 0.25) is 5.54 Å². The summed E-state index contributed by atoms with van der Waals surface area (Å²) >= 11 is 1.80. The van der Waals surface area contributed by atoms with Crippen molar-refractivity contribution in [3.63, 3.8) is 0 Å². The van der Waals surface area contributed by atoms with Crippen LogP contribution in [0.15, 0.2) is 0 Å². The molecule has 8 nitrogen and oxygen atoms in total. The summed E-state index contributed by atoms with van der Waals surface area (Å²) in [6, 6.07) is 0.167. The molecule has 6 N–H and O–H groups in total. The average Bonchev–Trinajstić information content (AvgIpc) is 3.09. The van der Waals surface area contributed by atoms with Crippen molar-refractivity contribution in [3.05, 3.63) is 0 Å². The van der Waals surface area contributed by atoms with Crippen molar-refractivity contribution in [2.75, 3.05) is 5.75 Å². The number of fused-ring (bicyclic) bond motifs is 1. The lowest BCUT2D eigenvalue weighted by atomic mass is 9.84. The first kappa shape index (κ1) is 19.7. The zero-order valence-electron chi connectivity index (χ0n) is 14.3. The minimum Gasteiger partial charge on any atom is -0.479 e. The molecule has 2 saturated heterocycles. The highest BCUT2D eigenvalue weighted by molar-refractivity contribution is 8.00. The third-order valence-corrected chi connectivity index (χ3v) is 6.34. The minimum atomic E-state index is -2.20. The van der Waals surface area contributed by atoms with Crippen molar-refractivity contribution in [2.45, 2.75) is 68.3 Å². The molecule has 0 spiro atoms. The van der Waals surface area contributed by atoms with Gasteiger partial charge in [0.15, 0.2) is 5.78 Å². The van der Waals surface area contributed by atoms with E-state index in [1.54, 1.807) is 11.8 Å². The molecule has 2 fully saturated rings. The summed E-state index contributed by atoms with van der Waals surface area (Å²) in [5.74, 6) is -1.18. The fourth-order valence-electron chi connectivity index (χ4n) is 3.34. The van der Waals surface area contributed by atoms with E-state index in [1.807, 2.05) is 6.92 Å². The third-order valence-electron chi connectivity index (χ3n) is 4.83. The Morgan fingerprint density at radius 1 is 1.36 bits per heavy atom. The predicted molar refractivity (Wildman–Crippen MR) is 96.2 cm³/mol. The van der Waals surface area contributed by atoms with E-state index in [1.165, 1.54) is 0 Å². The summed E-state index contributed by atoms with van der Waals surface area (Å²) in [6.45, 7) is 1.81. The zero-order chi connectivity index (χ0) is 18.6. The highest BCUT2D eigenvalue weighted by atomic mass is 32.2. The summed E-state index contributed by atoms with van der Waals surface area (Å²) < 4.78 is 0. The van der Waals surface area contributed by atoms with Gasteiger partial charge in [0, 0.05) is 23.1 Å². The Bertz CT molecular complexity index is 570. The van der Waals surface area contributed by atoms with E-state index in [4.69, 9.17) is 11.1 Å². The Balaban J connectivity index is 1.80. The van der Waals surface area contributed by atoms with Gasteiger partial charge in [0.25, 0.3) is 0 Å². The molecule has 0 aliphatic carbocycles. The molecular weight excluding hydrogens is 344 g/mol. The SMILES string of the molecule is CCCC(=N)C(N)(C(=O)O)C(=O)CCCC[C@@H]1SC[C@@H]2NC(=O)N[C@@H]21. The number of Topliss-reactive ketones (excluding diaryl/α,β-unsaturated/α-hetero) is 1. The normalized spacial score (nSPS) is 27.1. The van der Waals surface area contributed by atoms with Gasteiger partial charge in [-0.25, -0.2) is 9.59 Å². The number of nitrogens with one attached hydrogen (secondary N) is 3. The Hall–Kier alpha value is -1.61. The fourth-order valence-corrected chi connectivity index (χ4v) is 4.88. The van der Waals surface area contributed by atoms with Crippen molar-refractivity contribution >= 4 is 35.3 Å². The first-order valence-electron chi connectivity index (χ1n) is 8.62. The number of urea groups is 1. The Morgan fingerprint density at radius 3 is 2.72 bits per heavy atom. The van der Waals surface area contributed by atoms with E-state index in [2.05, 4.69) is 10.6 Å². The number of carbonyl (C=O) groups is 3. The molecule has 4 atom stereocenters. The van der Waals surface area contributed by atoms with E-state index in [-0.39, 0.29) is 36.7 Å². The number of unbranched alkanes of at least 4 members (excludes halogenated alkanes) is 1. The molecule has 2 amide bonds. The van der Waals surface area contributed by atoms with Crippen LogP contribution in [0.3, 0.4) is 0 Å². The second-order valence-electron chi connectivity index (χ2n) is 6.63. The molecule has 0 aromatic rings. The Labute approximate surface area is 151 Å². The molecule has 140 valence electrons. The molecule has 9 heteroatoms. The Morgan fingerprint density at radius 2 is 2.08 bits per heavy atom. The maximum Gasteiger partial charge on any atom is 0.337 e. The molecule has 0 bridgehead atoms. The van der Waals surface area contributed by atoms with Crippen LogP contribution >= 0.6 is 11.8 Å². The van der Waals surface area contributed by atoms with Crippen molar-refractivity contribution in [1.29, 1.82) is 5.41 Å². The largest absolute Gasteiger partial charge is 0.479 e. The monoisotopic (exact) mass is 370 g/mol. The highest BCUT2D eigenvalue weighted by Gasteiger charge is 2.45. The van der Waals surface area contributed by atoms with E-state index < -0.39 is 17.3 Å². The summed E-state index contributed by atoms with van der Waals surface area (Å²) in [5, 5.41) is 23.3. The number of rotatable bonds is 10. The molecule has 25 heavy (non-hydrogen) atoms. The number of nitrogens with two attached hydrogens (primary N) is 1. The van der Waals surface area contributed by atoms with Gasteiger partial charge >= 0.3 is 12.0 Å². The van der Waals surface area contributed by atoms with Gasteiger partial charge in [-0.3, -0.25) is 4.79 Å². The summed E-state index contributed by atoms with van der Waals surface area (Å²) in [4.78, 5) is 35.1. The number of hydrogen-bond acceptors (Lipinski definition) is 6. The molecule has 2 heterocycles. The van der Waals surface area contributed by atoms with E-state index in [0.29, 0.717) is 18.1 Å². The lowest BCUT2D eigenvalue weighted by molar-refractivity contribution is -0.145. The minimum absolute atomic E-state index is 0.0466. The quantitative estimate of drug-likeness (QED) is 0.167. The highest BCUT2D eigenvalue weighted by Crippen LogP contribution is 2.33. The average molecular weight is 370 g/mol. The second kappa shape index (κ2) is 8.18. The number of hydrogen-bond donors (Lipinski definition) is 5. The van der Waals surface area contributed by atoms with Crippen LogP contribution in [0, 0.1) is 5.41 Å². The van der Waals surface area contributed by atoms with Crippen LogP contribution in [-0.2, 0) is 9.59 Å². The lowest BCUT2D eigenvalue weighted by Gasteiger charge is -2.24. The second-order valence-corrected chi connectivity index (χ2v) is 7.90. The van der Waals surface area contributed by atoms with Gasteiger partial charge in [-0.15, -0.1) is 0 Å². The number of carbonyl (C=O) groups excluding carboxylic acids is 2. The molecule has 0 radical (unpaired) electrons. The zero-order valence-corrected chi connectivity index (χ0v) is 15.2. The number of amides is 2. The van der Waals surface area contributed by atoms with Crippen molar-refractivity contribution in [3.8, 4) is 0 Å². The van der Waals surface area contributed by atoms with Gasteiger partial charge in [0.1, 0.15) is 0 Å². The number of thioether (sulfide) groups is 1. The molecule has 2 rings (SSSR count). The van der Waals surface area contributed by atoms with Gasteiger partial charge in [-0.05, 0) is 19.3 Å². The van der Waals surface area contributed by atoms with Crippen LogP contribution < -0.4 is 16.4 Å². The van der Waals surface area contributed by atoms with Crippen LogP contribution in [0.1, 0.15) is 45.4 Å². The first-order chi connectivity index (χ1) is 11.8. The smallest absolute Gasteiger partial charge is 0.337 e. The topological polar surface area (TPSA) is 145 Å². The molecule has 1 unspecified atom stereocenters. The Kier molecular flexibility index (Phi) is 6.45. The van der Waals surface area contributed by atoms with Gasteiger partial charge in [-0.1, -0.05) is 19.8 Å². The van der Waals surface area contributed by atoms with Crippen molar-refractivity contribution in [1.82, 2.24) is 10.6 Å². The maximum atomic E-state index is 12.3. The van der Waals surface area contributed by atoms with Crippen LogP contribution in [0.2, 0.25) is 0 Å². The molecule has 0 aromatic heterocycles. The number of carboxylic acid groups (broad SMARTS) is 1. The predicted octanol–water partition coefficient (Wildman–Crippen LogP) is 0.883. The summed E-state index contributed by atoms with van der Waals surface area (Å²) in [6.07, 6.45) is 2.94. The molecule has 2 aliphatic rings. The van der Waals surface area contributed by atoms with Crippen LogP contribution in [0.25, 0.3) is 0 Å². The summed E-state index contributed by atoms with van der Waals surface area (Å²) in [5.41, 5.74) is 3.33. The molecular formula is C16H26N4O4S. The molecule has 0 aromatic carbocycles. The number of aliphatic carboxylic acids is 1. The van der Waals surface area contributed by atoms with Gasteiger partial charge in [-0.2, -0.15) is 11.8 Å². The van der Waals surface area contributed by atoms with Crippen LogP contribution in [-0.4, -0.2) is 57.2 Å². The molecule has 0 saturated carbocycles. The van der Waals surface area contributed by atoms with E-state index in [9.17, 15) is 19.5 Å². The van der Waals surface area contributed by atoms with E-state index in [0.717, 1.165) is 18.6 Å². The number of carboxylic acids is 1. The van der Waals surface area contributed by atoms with Crippen molar-refractivity contribution in [2.24, 2.45) is 5.73 Å². The molecule has 2 aliphatic heterocycles. The van der Waals surface area contributed by atoms with E-state index >= 15 is 0 Å². The van der Waals surface area contributed by atoms with Crippen LogP contribution in [0.4, 0.5) is 4.79 Å². The fraction of sp³-hybridized carbons (Fsp3) is 0.750.